The monoisotopic (exact) mass is 618 g/mol. The van der Waals surface area contributed by atoms with Crippen LogP contribution in [0.15, 0.2) is 48.5 Å². The number of nitrogens with zero attached hydrogens (tertiary/aromatic N) is 1. The highest BCUT2D eigenvalue weighted by Gasteiger charge is 2.31. The summed E-state index contributed by atoms with van der Waals surface area (Å²) in [7, 11) is 6.24. The highest BCUT2D eigenvalue weighted by molar-refractivity contribution is 7.98. The molecule has 1 aliphatic rings. The first kappa shape index (κ1) is 31.4. The van der Waals surface area contributed by atoms with Crippen LogP contribution in [0.4, 0.5) is 16.2 Å². The number of carbonyl (C=O) groups is 1. The standard InChI is InChI=1S/C30H35ClN2O8S/c1-36-25-15-18(23-10-11-24(41-23)19-16-26(37-2)29(39-4)27(17-19)38-3)14-22(28(25)40-12-13-42-5)32-30(34)33(35)21-8-6-20(31)7-9-21/h6-9,14-17,23-24,35H,10-13H2,1-5H3,(H,32,34). The predicted molar refractivity (Wildman–Crippen MR) is 164 cm³/mol. The number of urea groups is 1. The highest BCUT2D eigenvalue weighted by Crippen LogP contribution is 2.48. The van der Waals surface area contributed by atoms with Gasteiger partial charge in [-0.1, -0.05) is 11.6 Å². The molecule has 0 aliphatic carbocycles. The van der Waals surface area contributed by atoms with E-state index in [0.29, 0.717) is 57.5 Å². The summed E-state index contributed by atoms with van der Waals surface area (Å²) in [6, 6.07) is 12.8. The second-order valence-electron chi connectivity index (χ2n) is 9.31. The number of ether oxygens (including phenoxy) is 6. The van der Waals surface area contributed by atoms with Gasteiger partial charge in [-0.2, -0.15) is 16.8 Å². The van der Waals surface area contributed by atoms with E-state index in [-0.39, 0.29) is 17.9 Å². The van der Waals surface area contributed by atoms with Gasteiger partial charge in [0.15, 0.2) is 23.0 Å². The van der Waals surface area contributed by atoms with E-state index in [1.165, 1.54) is 19.2 Å². The minimum absolute atomic E-state index is 0.233. The van der Waals surface area contributed by atoms with Crippen LogP contribution in [0.25, 0.3) is 0 Å². The first-order valence-electron chi connectivity index (χ1n) is 13.2. The van der Waals surface area contributed by atoms with Crippen LogP contribution < -0.4 is 34.1 Å². The quantitative estimate of drug-likeness (QED) is 0.124. The number of nitrogens with one attached hydrogen (secondary N) is 1. The maximum absolute atomic E-state index is 13.1. The molecule has 3 aromatic carbocycles. The SMILES string of the molecule is COc1cc(C2CCC(c3cc(OC)c(OC)c(OC)c3)O2)cc(NC(=O)N(O)c2ccc(Cl)cc2)c1OCCSC. The van der Waals surface area contributed by atoms with Crippen molar-refractivity contribution >= 4 is 40.8 Å². The van der Waals surface area contributed by atoms with E-state index in [0.717, 1.165) is 23.3 Å². The lowest BCUT2D eigenvalue weighted by Crippen LogP contribution is -2.32. The Hall–Kier alpha value is -3.51. The lowest BCUT2D eigenvalue weighted by Gasteiger charge is -2.22. The predicted octanol–water partition coefficient (Wildman–Crippen LogP) is 7.14. The molecule has 0 spiro atoms. The van der Waals surface area contributed by atoms with Gasteiger partial charge in [-0.05, 0) is 78.8 Å². The summed E-state index contributed by atoms with van der Waals surface area (Å²) in [6.45, 7) is 0.392. The summed E-state index contributed by atoms with van der Waals surface area (Å²) in [5.74, 6) is 3.12. The zero-order valence-electron chi connectivity index (χ0n) is 24.1. The molecule has 0 saturated carbocycles. The Morgan fingerprint density at radius 3 is 2.00 bits per heavy atom. The number of carbonyl (C=O) groups excluding carboxylic acids is 1. The van der Waals surface area contributed by atoms with Crippen molar-refractivity contribution < 1.29 is 38.4 Å². The average molecular weight is 619 g/mol. The van der Waals surface area contributed by atoms with Crippen LogP contribution in [0.2, 0.25) is 5.02 Å². The number of halogens is 1. The van der Waals surface area contributed by atoms with E-state index in [2.05, 4.69) is 5.32 Å². The van der Waals surface area contributed by atoms with Crippen LogP contribution in [0.3, 0.4) is 0 Å². The van der Waals surface area contributed by atoms with E-state index < -0.39 is 6.03 Å². The molecule has 2 amide bonds. The van der Waals surface area contributed by atoms with Gasteiger partial charge in [-0.15, -0.1) is 0 Å². The third-order valence-corrected chi connectivity index (χ3v) is 7.61. The Kier molecular flexibility index (Phi) is 10.9. The maximum Gasteiger partial charge on any atom is 0.350 e. The molecular weight excluding hydrogens is 584 g/mol. The summed E-state index contributed by atoms with van der Waals surface area (Å²) in [5.41, 5.74) is 2.26. The van der Waals surface area contributed by atoms with Crippen LogP contribution in [-0.4, -0.2) is 58.3 Å². The molecule has 0 aromatic heterocycles. The van der Waals surface area contributed by atoms with E-state index in [1.807, 2.05) is 24.5 Å². The van der Waals surface area contributed by atoms with Gasteiger partial charge in [0.05, 0.1) is 58.6 Å². The van der Waals surface area contributed by atoms with Gasteiger partial charge in [0.2, 0.25) is 5.75 Å². The second kappa shape index (κ2) is 14.6. The van der Waals surface area contributed by atoms with Crippen LogP contribution in [0, 0.1) is 0 Å². The van der Waals surface area contributed by atoms with E-state index >= 15 is 0 Å². The number of thioether (sulfide) groups is 1. The molecule has 2 N–H and O–H groups in total. The fourth-order valence-electron chi connectivity index (χ4n) is 4.71. The molecule has 42 heavy (non-hydrogen) atoms. The molecule has 1 saturated heterocycles. The number of hydrogen-bond acceptors (Lipinski definition) is 9. The average Bonchev–Trinajstić information content (AvgIpc) is 3.51. The Morgan fingerprint density at radius 2 is 1.48 bits per heavy atom. The largest absolute Gasteiger partial charge is 0.493 e. The van der Waals surface area contributed by atoms with Crippen molar-refractivity contribution in [3.05, 3.63) is 64.7 Å². The van der Waals surface area contributed by atoms with Gasteiger partial charge in [0, 0.05) is 10.8 Å². The molecule has 0 bridgehead atoms. The van der Waals surface area contributed by atoms with Gasteiger partial charge in [0.1, 0.15) is 0 Å². The molecule has 1 fully saturated rings. The first-order valence-corrected chi connectivity index (χ1v) is 14.9. The summed E-state index contributed by atoms with van der Waals surface area (Å²) >= 11 is 7.58. The molecule has 12 heteroatoms. The van der Waals surface area contributed by atoms with Gasteiger partial charge in [-0.25, -0.2) is 4.79 Å². The van der Waals surface area contributed by atoms with Crippen molar-refractivity contribution in [3.63, 3.8) is 0 Å². The molecule has 0 radical (unpaired) electrons. The Balaban J connectivity index is 1.63. The molecule has 2 unspecified atom stereocenters. The third kappa shape index (κ3) is 7.09. The van der Waals surface area contributed by atoms with Gasteiger partial charge >= 0.3 is 6.03 Å². The van der Waals surface area contributed by atoms with Crippen molar-refractivity contribution in [3.8, 4) is 28.7 Å². The number of anilines is 2. The van der Waals surface area contributed by atoms with Crippen LogP contribution in [0.5, 0.6) is 28.7 Å². The first-order chi connectivity index (χ1) is 20.3. The fraction of sp³-hybridized carbons (Fsp3) is 0.367. The molecule has 2 atom stereocenters. The van der Waals surface area contributed by atoms with Gasteiger partial charge < -0.3 is 33.7 Å². The van der Waals surface area contributed by atoms with Gasteiger partial charge in [-0.3, -0.25) is 5.21 Å². The summed E-state index contributed by atoms with van der Waals surface area (Å²) in [4.78, 5) is 13.1. The normalized spacial score (nSPS) is 16.1. The summed E-state index contributed by atoms with van der Waals surface area (Å²) in [5, 5.41) is 14.3. The maximum atomic E-state index is 13.1. The molecule has 1 heterocycles. The second-order valence-corrected chi connectivity index (χ2v) is 10.7. The molecule has 1 aliphatic heterocycles. The number of methoxy groups -OCH3 is 4. The van der Waals surface area contributed by atoms with Crippen molar-refractivity contribution in [2.24, 2.45) is 0 Å². The number of benzene rings is 3. The van der Waals surface area contributed by atoms with E-state index in [4.69, 9.17) is 40.0 Å². The Labute approximate surface area is 254 Å². The molecule has 4 rings (SSSR count). The third-order valence-electron chi connectivity index (χ3n) is 6.79. The zero-order valence-corrected chi connectivity index (χ0v) is 25.7. The van der Waals surface area contributed by atoms with E-state index in [9.17, 15) is 10.0 Å². The summed E-state index contributed by atoms with van der Waals surface area (Å²) in [6.07, 6.45) is 2.88. The summed E-state index contributed by atoms with van der Waals surface area (Å²) < 4.78 is 34.7. The smallest absolute Gasteiger partial charge is 0.350 e. The van der Waals surface area contributed by atoms with E-state index in [1.54, 1.807) is 51.3 Å². The van der Waals surface area contributed by atoms with Crippen molar-refractivity contribution in [1.29, 1.82) is 0 Å². The van der Waals surface area contributed by atoms with Crippen molar-refractivity contribution in [2.75, 3.05) is 57.4 Å². The molecule has 226 valence electrons. The lowest BCUT2D eigenvalue weighted by atomic mass is 10.0. The number of amides is 2. The minimum atomic E-state index is -0.783. The minimum Gasteiger partial charge on any atom is -0.493 e. The highest BCUT2D eigenvalue weighted by atomic mass is 35.5. The number of rotatable bonds is 12. The van der Waals surface area contributed by atoms with Gasteiger partial charge in [0.25, 0.3) is 0 Å². The lowest BCUT2D eigenvalue weighted by molar-refractivity contribution is 0.0437. The van der Waals surface area contributed by atoms with Crippen molar-refractivity contribution in [1.82, 2.24) is 0 Å². The Morgan fingerprint density at radius 1 is 0.929 bits per heavy atom. The zero-order chi connectivity index (χ0) is 30.2. The van der Waals surface area contributed by atoms with Crippen molar-refractivity contribution in [2.45, 2.75) is 25.0 Å². The Bertz CT molecular complexity index is 1350. The molecule has 10 nitrogen and oxygen atoms in total. The molecular formula is C30H35ClN2O8S. The van der Waals surface area contributed by atoms with Crippen LogP contribution >= 0.6 is 23.4 Å². The number of hydrogen-bond donors (Lipinski definition) is 2. The topological polar surface area (TPSA) is 108 Å². The number of hydroxylamine groups is 1. The van der Waals surface area contributed by atoms with Crippen LogP contribution in [-0.2, 0) is 4.74 Å². The fourth-order valence-corrected chi connectivity index (χ4v) is 5.09. The molecule has 3 aromatic rings. The van der Waals surface area contributed by atoms with Crippen LogP contribution in [0.1, 0.15) is 36.2 Å².